The first-order valence-corrected chi connectivity index (χ1v) is 7.36. The molecule has 1 rings (SSSR count). The number of aromatic nitrogens is 1. The molecule has 0 aliphatic heterocycles. The van der Waals surface area contributed by atoms with Gasteiger partial charge in [-0.1, -0.05) is 6.92 Å². The summed E-state index contributed by atoms with van der Waals surface area (Å²) in [5.74, 6) is 0. The van der Waals surface area contributed by atoms with Crippen LogP contribution in [0.15, 0.2) is 18.5 Å². The van der Waals surface area contributed by atoms with Gasteiger partial charge in [0.15, 0.2) is 0 Å². The van der Waals surface area contributed by atoms with Crippen LogP contribution in [-0.4, -0.2) is 51.3 Å². The second-order valence-corrected chi connectivity index (χ2v) is 4.65. The maximum absolute atomic E-state index is 5.52. The van der Waals surface area contributed by atoms with Gasteiger partial charge in [0.2, 0.25) is 0 Å². The molecule has 1 heterocycles. The summed E-state index contributed by atoms with van der Waals surface area (Å²) in [6.45, 7) is 8.30. The van der Waals surface area contributed by atoms with E-state index in [0.29, 0.717) is 33.0 Å². The summed E-state index contributed by atoms with van der Waals surface area (Å²) in [6, 6.07) is 2.15. The van der Waals surface area contributed by atoms with Crippen LogP contribution < -0.4 is 5.32 Å². The molecule has 0 aromatic carbocycles. The Morgan fingerprint density at radius 1 is 1.10 bits per heavy atom. The fraction of sp³-hybridized carbons (Fsp3) is 0.733. The third kappa shape index (κ3) is 8.32. The predicted octanol–water partition coefficient (Wildman–Crippen LogP) is 1.67. The standard InChI is InChI=1S/C15H28N2O3/c1-3-5-16-13-15-4-6-17(14-15)7-8-19-11-12-20-10-9-18-2/h4,6,14,16H,3,5,7-13H2,1-2H3. The third-order valence-corrected chi connectivity index (χ3v) is 2.87. The van der Waals surface area contributed by atoms with Gasteiger partial charge >= 0.3 is 0 Å². The molecule has 116 valence electrons. The molecule has 0 atom stereocenters. The normalized spacial score (nSPS) is 11.1. The van der Waals surface area contributed by atoms with Gasteiger partial charge in [0.1, 0.15) is 0 Å². The lowest BCUT2D eigenvalue weighted by molar-refractivity contribution is 0.0230. The fourth-order valence-electron chi connectivity index (χ4n) is 1.78. The first-order valence-electron chi connectivity index (χ1n) is 7.36. The van der Waals surface area contributed by atoms with Gasteiger partial charge in [-0.2, -0.15) is 0 Å². The molecule has 0 fully saturated rings. The van der Waals surface area contributed by atoms with E-state index in [9.17, 15) is 0 Å². The van der Waals surface area contributed by atoms with Gasteiger partial charge in [0.25, 0.3) is 0 Å². The van der Waals surface area contributed by atoms with E-state index >= 15 is 0 Å². The lowest BCUT2D eigenvalue weighted by Gasteiger charge is -2.06. The Morgan fingerprint density at radius 3 is 2.60 bits per heavy atom. The van der Waals surface area contributed by atoms with Crippen molar-refractivity contribution in [3.8, 4) is 0 Å². The second-order valence-electron chi connectivity index (χ2n) is 4.65. The van der Waals surface area contributed by atoms with E-state index in [1.165, 1.54) is 12.0 Å². The van der Waals surface area contributed by atoms with Crippen LogP contribution in [0.25, 0.3) is 0 Å². The molecule has 0 aliphatic rings. The summed E-state index contributed by atoms with van der Waals surface area (Å²) in [5, 5.41) is 3.39. The molecule has 0 unspecified atom stereocenters. The first kappa shape index (κ1) is 17.2. The molecule has 5 heteroatoms. The van der Waals surface area contributed by atoms with Gasteiger partial charge in [-0.3, -0.25) is 0 Å². The van der Waals surface area contributed by atoms with Crippen molar-refractivity contribution < 1.29 is 14.2 Å². The van der Waals surface area contributed by atoms with Crippen molar-refractivity contribution in [1.29, 1.82) is 0 Å². The molecule has 0 saturated heterocycles. The highest BCUT2D eigenvalue weighted by Gasteiger charge is 1.97. The molecule has 1 N–H and O–H groups in total. The lowest BCUT2D eigenvalue weighted by atomic mass is 10.3. The van der Waals surface area contributed by atoms with Crippen molar-refractivity contribution in [2.24, 2.45) is 0 Å². The fourth-order valence-corrected chi connectivity index (χ4v) is 1.78. The molecular weight excluding hydrogens is 256 g/mol. The van der Waals surface area contributed by atoms with Crippen molar-refractivity contribution in [1.82, 2.24) is 9.88 Å². The number of hydrogen-bond donors (Lipinski definition) is 1. The Labute approximate surface area is 122 Å². The van der Waals surface area contributed by atoms with Gasteiger partial charge in [0, 0.05) is 32.6 Å². The van der Waals surface area contributed by atoms with Crippen molar-refractivity contribution in [3.05, 3.63) is 24.0 Å². The summed E-state index contributed by atoms with van der Waals surface area (Å²) in [7, 11) is 1.67. The van der Waals surface area contributed by atoms with Crippen LogP contribution in [0.1, 0.15) is 18.9 Å². The largest absolute Gasteiger partial charge is 0.382 e. The zero-order chi connectivity index (χ0) is 14.5. The Kier molecular flexibility index (Phi) is 10.2. The summed E-state index contributed by atoms with van der Waals surface area (Å²) in [4.78, 5) is 0. The zero-order valence-electron chi connectivity index (χ0n) is 12.8. The highest BCUT2D eigenvalue weighted by Crippen LogP contribution is 2.01. The van der Waals surface area contributed by atoms with Crippen molar-refractivity contribution >= 4 is 0 Å². The van der Waals surface area contributed by atoms with Crippen LogP contribution in [0.5, 0.6) is 0 Å². The third-order valence-electron chi connectivity index (χ3n) is 2.87. The Bertz CT molecular complexity index is 329. The minimum absolute atomic E-state index is 0.626. The van der Waals surface area contributed by atoms with E-state index in [1.807, 2.05) is 0 Å². The summed E-state index contributed by atoms with van der Waals surface area (Å²) < 4.78 is 17.9. The number of methoxy groups -OCH3 is 1. The van der Waals surface area contributed by atoms with Gasteiger partial charge in [-0.15, -0.1) is 0 Å². The molecule has 0 radical (unpaired) electrons. The van der Waals surface area contributed by atoms with Crippen molar-refractivity contribution in [2.75, 3.05) is 46.7 Å². The number of rotatable bonds is 13. The van der Waals surface area contributed by atoms with E-state index in [4.69, 9.17) is 14.2 Å². The van der Waals surface area contributed by atoms with Crippen LogP contribution in [0.3, 0.4) is 0 Å². The van der Waals surface area contributed by atoms with Gasteiger partial charge < -0.3 is 24.1 Å². The average molecular weight is 284 g/mol. The Balaban J connectivity index is 1.99. The Morgan fingerprint density at radius 2 is 1.85 bits per heavy atom. The predicted molar refractivity (Wildman–Crippen MR) is 79.9 cm³/mol. The van der Waals surface area contributed by atoms with Crippen LogP contribution >= 0.6 is 0 Å². The second kappa shape index (κ2) is 11.9. The van der Waals surface area contributed by atoms with E-state index < -0.39 is 0 Å². The summed E-state index contributed by atoms with van der Waals surface area (Å²) >= 11 is 0. The quantitative estimate of drug-likeness (QED) is 0.560. The number of hydrogen-bond acceptors (Lipinski definition) is 4. The maximum atomic E-state index is 5.52. The monoisotopic (exact) mass is 284 g/mol. The highest BCUT2D eigenvalue weighted by molar-refractivity contribution is 5.09. The van der Waals surface area contributed by atoms with Crippen molar-refractivity contribution in [2.45, 2.75) is 26.4 Å². The topological polar surface area (TPSA) is 44.7 Å². The molecule has 0 bridgehead atoms. The van der Waals surface area contributed by atoms with Crippen LogP contribution in [0.2, 0.25) is 0 Å². The number of ether oxygens (including phenoxy) is 3. The minimum Gasteiger partial charge on any atom is -0.382 e. The summed E-state index contributed by atoms with van der Waals surface area (Å²) in [5.41, 5.74) is 1.32. The maximum Gasteiger partial charge on any atom is 0.0701 e. The molecule has 1 aromatic heterocycles. The lowest BCUT2D eigenvalue weighted by Crippen LogP contribution is -2.13. The van der Waals surface area contributed by atoms with E-state index in [2.05, 4.69) is 35.3 Å². The minimum atomic E-state index is 0.626. The van der Waals surface area contributed by atoms with E-state index in [1.54, 1.807) is 7.11 Å². The molecule has 0 spiro atoms. The SMILES string of the molecule is CCCNCc1ccn(CCOCCOCCOC)c1. The Hall–Kier alpha value is -0.880. The van der Waals surface area contributed by atoms with Crippen LogP contribution in [0, 0.1) is 0 Å². The van der Waals surface area contributed by atoms with Gasteiger partial charge in [0.05, 0.1) is 33.0 Å². The molecule has 20 heavy (non-hydrogen) atoms. The summed E-state index contributed by atoms with van der Waals surface area (Å²) in [6.07, 6.45) is 5.43. The smallest absolute Gasteiger partial charge is 0.0701 e. The molecule has 1 aromatic rings. The number of nitrogens with zero attached hydrogens (tertiary/aromatic N) is 1. The van der Waals surface area contributed by atoms with Crippen molar-refractivity contribution in [3.63, 3.8) is 0 Å². The first-order chi connectivity index (χ1) is 9.86. The molecule has 0 saturated carbocycles. The number of nitrogens with one attached hydrogen (secondary N) is 1. The van der Waals surface area contributed by atoms with Gasteiger partial charge in [-0.05, 0) is 24.6 Å². The van der Waals surface area contributed by atoms with Crippen LogP contribution in [-0.2, 0) is 27.3 Å². The average Bonchev–Trinajstić information content (AvgIpc) is 2.90. The highest BCUT2D eigenvalue weighted by atomic mass is 16.5. The zero-order valence-corrected chi connectivity index (χ0v) is 12.8. The van der Waals surface area contributed by atoms with E-state index in [0.717, 1.165) is 19.6 Å². The molecule has 0 aliphatic carbocycles. The van der Waals surface area contributed by atoms with E-state index in [-0.39, 0.29) is 0 Å². The molecule has 5 nitrogen and oxygen atoms in total. The van der Waals surface area contributed by atoms with Crippen LogP contribution in [0.4, 0.5) is 0 Å². The molecular formula is C15H28N2O3. The molecule has 0 amide bonds. The van der Waals surface area contributed by atoms with Gasteiger partial charge in [-0.25, -0.2) is 0 Å².